The molecule has 1 rings (SSSR count). The van der Waals surface area contributed by atoms with Crippen molar-refractivity contribution in [2.75, 3.05) is 6.54 Å². The van der Waals surface area contributed by atoms with Crippen molar-refractivity contribution in [1.82, 2.24) is 9.78 Å². The fourth-order valence-corrected chi connectivity index (χ4v) is 1.25. The molecule has 0 unspecified atom stereocenters. The van der Waals surface area contributed by atoms with Gasteiger partial charge in [-0.15, -0.1) is 0 Å². The average Bonchev–Trinajstić information content (AvgIpc) is 2.48. The van der Waals surface area contributed by atoms with Crippen LogP contribution in [0, 0.1) is 0 Å². The lowest BCUT2D eigenvalue weighted by Crippen LogP contribution is -2.00. The highest BCUT2D eigenvalue weighted by Gasteiger charge is 2.18. The summed E-state index contributed by atoms with van der Waals surface area (Å²) < 4.78 is 26.3. The van der Waals surface area contributed by atoms with Crippen molar-refractivity contribution < 1.29 is 8.78 Å². The minimum atomic E-state index is -2.57. The zero-order chi connectivity index (χ0) is 10.7. The number of rotatable bonds is 4. The Labute approximate surface area is 81.2 Å². The normalized spacial score (nSPS) is 10.9. The molecule has 78 valence electrons. The first-order chi connectivity index (χ1) is 6.56. The Kier molecular flexibility index (Phi) is 3.35. The number of halogens is 2. The maximum absolute atomic E-state index is 12.5. The van der Waals surface area contributed by atoms with Gasteiger partial charge in [-0.3, -0.25) is 4.68 Å². The topological polar surface area (TPSA) is 43.8 Å². The van der Waals surface area contributed by atoms with E-state index in [1.165, 1.54) is 4.68 Å². The molecule has 3 nitrogen and oxygen atoms in total. The summed E-state index contributed by atoms with van der Waals surface area (Å²) in [7, 11) is 1.60. The van der Waals surface area contributed by atoms with Crippen LogP contribution >= 0.6 is 0 Å². The zero-order valence-corrected chi connectivity index (χ0v) is 8.00. The summed E-state index contributed by atoms with van der Waals surface area (Å²) in [4.78, 5) is 0. The van der Waals surface area contributed by atoms with Crippen LogP contribution in [0.25, 0.3) is 5.57 Å². The van der Waals surface area contributed by atoms with Gasteiger partial charge in [0.15, 0.2) is 0 Å². The molecule has 0 aliphatic heterocycles. The van der Waals surface area contributed by atoms with Gasteiger partial charge in [-0.05, 0) is 18.5 Å². The average molecular weight is 201 g/mol. The third-order valence-corrected chi connectivity index (χ3v) is 1.89. The summed E-state index contributed by atoms with van der Waals surface area (Å²) in [6.45, 7) is 4.10. The maximum Gasteiger partial charge on any atom is 0.282 e. The van der Waals surface area contributed by atoms with Crippen LogP contribution in [0.5, 0.6) is 0 Å². The molecule has 0 aliphatic rings. The highest BCUT2D eigenvalue weighted by Crippen LogP contribution is 2.26. The number of hydrogen-bond acceptors (Lipinski definition) is 2. The summed E-state index contributed by atoms with van der Waals surface area (Å²) >= 11 is 0. The van der Waals surface area contributed by atoms with E-state index in [0.29, 0.717) is 24.1 Å². The summed E-state index contributed by atoms with van der Waals surface area (Å²) in [6.07, 6.45) is -0.522. The van der Waals surface area contributed by atoms with E-state index in [9.17, 15) is 8.78 Å². The number of nitrogens with zero attached hydrogens (tertiary/aromatic N) is 2. The fraction of sp³-hybridized carbons (Fsp3) is 0.444. The minimum absolute atomic E-state index is 0.217. The van der Waals surface area contributed by atoms with Crippen molar-refractivity contribution in [2.24, 2.45) is 12.8 Å². The molecule has 0 aromatic carbocycles. The first kappa shape index (κ1) is 10.8. The number of aryl methyl sites for hydroxylation is 1. The second-order valence-corrected chi connectivity index (χ2v) is 3.04. The van der Waals surface area contributed by atoms with Crippen LogP contribution in [0.4, 0.5) is 8.78 Å². The quantitative estimate of drug-likeness (QED) is 0.806. The smallest absolute Gasteiger partial charge is 0.282 e. The van der Waals surface area contributed by atoms with E-state index in [0.717, 1.165) is 0 Å². The molecule has 0 bridgehead atoms. The van der Waals surface area contributed by atoms with Gasteiger partial charge >= 0.3 is 0 Å². The Morgan fingerprint density at radius 2 is 2.36 bits per heavy atom. The molecule has 0 spiro atoms. The van der Waals surface area contributed by atoms with Crippen molar-refractivity contribution in [1.29, 1.82) is 0 Å². The summed E-state index contributed by atoms with van der Waals surface area (Å²) in [5.41, 5.74) is 6.12. The van der Waals surface area contributed by atoms with E-state index in [2.05, 4.69) is 11.7 Å². The van der Waals surface area contributed by atoms with E-state index in [1.54, 1.807) is 13.2 Å². The van der Waals surface area contributed by atoms with Gasteiger partial charge in [0, 0.05) is 18.8 Å². The molecule has 0 atom stereocenters. The second-order valence-electron chi connectivity index (χ2n) is 3.04. The first-order valence-corrected chi connectivity index (χ1v) is 4.26. The van der Waals surface area contributed by atoms with Crippen molar-refractivity contribution in [3.8, 4) is 0 Å². The molecule has 0 saturated carbocycles. The van der Waals surface area contributed by atoms with Crippen LogP contribution in [0.15, 0.2) is 12.8 Å². The lowest BCUT2D eigenvalue weighted by molar-refractivity contribution is 0.145. The largest absolute Gasteiger partial charge is 0.330 e. The van der Waals surface area contributed by atoms with Crippen LogP contribution in [-0.2, 0) is 7.05 Å². The Morgan fingerprint density at radius 1 is 1.71 bits per heavy atom. The van der Waals surface area contributed by atoms with E-state index in [-0.39, 0.29) is 5.69 Å². The van der Waals surface area contributed by atoms with Gasteiger partial charge in [-0.1, -0.05) is 6.58 Å². The van der Waals surface area contributed by atoms with E-state index in [1.807, 2.05) is 0 Å². The van der Waals surface area contributed by atoms with Crippen LogP contribution in [0.2, 0.25) is 0 Å². The molecule has 14 heavy (non-hydrogen) atoms. The summed E-state index contributed by atoms with van der Waals surface area (Å²) in [5.74, 6) is 0. The lowest BCUT2D eigenvalue weighted by atomic mass is 10.1. The third-order valence-electron chi connectivity index (χ3n) is 1.89. The summed E-state index contributed by atoms with van der Waals surface area (Å²) in [6, 6.07) is 0. The van der Waals surface area contributed by atoms with Crippen LogP contribution in [0.1, 0.15) is 24.1 Å². The van der Waals surface area contributed by atoms with Gasteiger partial charge in [-0.2, -0.15) is 5.10 Å². The third kappa shape index (κ3) is 2.17. The summed E-state index contributed by atoms with van der Waals surface area (Å²) in [5, 5.41) is 3.68. The molecule has 0 aliphatic carbocycles. The van der Waals surface area contributed by atoms with Crippen LogP contribution < -0.4 is 5.73 Å². The lowest BCUT2D eigenvalue weighted by Gasteiger charge is -2.02. The first-order valence-electron chi connectivity index (χ1n) is 4.26. The molecule has 2 N–H and O–H groups in total. The van der Waals surface area contributed by atoms with Gasteiger partial charge in [0.05, 0.1) is 0 Å². The minimum Gasteiger partial charge on any atom is -0.330 e. The molecular formula is C9H13F2N3. The standard InChI is InChI=1S/C9H13F2N3/c1-6(3-4-12)7-5-14(2)13-8(7)9(10)11/h5,9H,1,3-4,12H2,2H3. The molecular weight excluding hydrogens is 188 g/mol. The highest BCUT2D eigenvalue weighted by molar-refractivity contribution is 5.65. The Balaban J connectivity index is 3.00. The Morgan fingerprint density at radius 3 is 2.86 bits per heavy atom. The highest BCUT2D eigenvalue weighted by atomic mass is 19.3. The maximum atomic E-state index is 12.5. The number of alkyl halides is 2. The molecule has 1 heterocycles. The number of hydrogen-bond donors (Lipinski definition) is 1. The second kappa shape index (κ2) is 4.32. The predicted octanol–water partition coefficient (Wildman–Crippen LogP) is 1.72. The molecule has 5 heteroatoms. The van der Waals surface area contributed by atoms with Gasteiger partial charge in [0.25, 0.3) is 6.43 Å². The molecule has 0 fully saturated rings. The molecule has 0 amide bonds. The van der Waals surface area contributed by atoms with Gasteiger partial charge in [0.2, 0.25) is 0 Å². The molecule has 0 saturated heterocycles. The van der Waals surface area contributed by atoms with Crippen LogP contribution in [-0.4, -0.2) is 16.3 Å². The van der Waals surface area contributed by atoms with Crippen molar-refractivity contribution in [2.45, 2.75) is 12.8 Å². The number of aromatic nitrogens is 2. The predicted molar refractivity (Wildman–Crippen MR) is 50.9 cm³/mol. The van der Waals surface area contributed by atoms with Gasteiger partial charge < -0.3 is 5.73 Å². The van der Waals surface area contributed by atoms with E-state index < -0.39 is 6.43 Å². The molecule has 1 aromatic heterocycles. The van der Waals surface area contributed by atoms with Crippen molar-refractivity contribution in [3.63, 3.8) is 0 Å². The number of nitrogens with two attached hydrogens (primary N) is 1. The zero-order valence-electron chi connectivity index (χ0n) is 8.00. The van der Waals surface area contributed by atoms with E-state index >= 15 is 0 Å². The van der Waals surface area contributed by atoms with Crippen LogP contribution in [0.3, 0.4) is 0 Å². The van der Waals surface area contributed by atoms with Crippen molar-refractivity contribution >= 4 is 5.57 Å². The Hall–Kier alpha value is -1.23. The molecule has 1 aromatic rings. The van der Waals surface area contributed by atoms with Crippen molar-refractivity contribution in [3.05, 3.63) is 24.0 Å². The SMILES string of the molecule is C=C(CCN)c1cn(C)nc1C(F)F. The monoisotopic (exact) mass is 201 g/mol. The molecule has 0 radical (unpaired) electrons. The van der Waals surface area contributed by atoms with E-state index in [4.69, 9.17) is 5.73 Å². The van der Waals surface area contributed by atoms with Gasteiger partial charge in [-0.25, -0.2) is 8.78 Å². The Bertz CT molecular complexity index is 331. The van der Waals surface area contributed by atoms with Gasteiger partial charge in [0.1, 0.15) is 5.69 Å². The fourth-order valence-electron chi connectivity index (χ4n) is 1.25.